The van der Waals surface area contributed by atoms with Crippen molar-refractivity contribution in [2.75, 3.05) is 25.1 Å². The third-order valence-corrected chi connectivity index (χ3v) is 7.03. The first-order valence-corrected chi connectivity index (χ1v) is 11.5. The van der Waals surface area contributed by atoms with Crippen molar-refractivity contribution < 1.29 is 22.7 Å². The molecule has 1 aliphatic carbocycles. The second kappa shape index (κ2) is 9.84. The average molecular weight is 433 g/mol. The van der Waals surface area contributed by atoms with Gasteiger partial charge in [0, 0.05) is 6.04 Å². The lowest BCUT2D eigenvalue weighted by atomic mass is 9.95. The molecule has 0 heterocycles. The van der Waals surface area contributed by atoms with Crippen LogP contribution in [0.4, 0.5) is 5.69 Å². The van der Waals surface area contributed by atoms with Crippen molar-refractivity contribution >= 4 is 21.6 Å². The number of ether oxygens (including phenoxy) is 2. The van der Waals surface area contributed by atoms with Crippen molar-refractivity contribution in [3.05, 3.63) is 48.5 Å². The molecule has 8 heteroatoms. The second-order valence-corrected chi connectivity index (χ2v) is 9.12. The van der Waals surface area contributed by atoms with Crippen LogP contribution < -0.4 is 19.1 Å². The van der Waals surface area contributed by atoms with Gasteiger partial charge in [0.15, 0.2) is 0 Å². The number of rotatable bonds is 8. The Bertz CT molecular complexity index is 954. The van der Waals surface area contributed by atoms with Gasteiger partial charge in [-0.25, -0.2) is 8.42 Å². The molecule has 0 atom stereocenters. The highest BCUT2D eigenvalue weighted by Gasteiger charge is 2.30. The average Bonchev–Trinajstić information content (AvgIpc) is 2.78. The molecule has 0 saturated heterocycles. The summed E-state index contributed by atoms with van der Waals surface area (Å²) >= 11 is 0. The molecule has 1 saturated carbocycles. The van der Waals surface area contributed by atoms with Crippen LogP contribution in [0.2, 0.25) is 0 Å². The highest BCUT2D eigenvalue weighted by molar-refractivity contribution is 7.92. The van der Waals surface area contributed by atoms with Crippen molar-refractivity contribution in [2.24, 2.45) is 0 Å². The minimum atomic E-state index is -4.01. The molecule has 0 unspecified atom stereocenters. The minimum absolute atomic E-state index is 0.0691. The fourth-order valence-corrected chi connectivity index (χ4v) is 5.09. The number of hydrogen-bond acceptors (Lipinski definition) is 5. The van der Waals surface area contributed by atoms with E-state index < -0.39 is 10.0 Å². The van der Waals surface area contributed by atoms with E-state index >= 15 is 0 Å². The summed E-state index contributed by atoms with van der Waals surface area (Å²) in [6.07, 6.45) is 5.17. The normalized spacial score (nSPS) is 14.7. The molecule has 1 N–H and O–H groups in total. The molecular formula is C22H28N2O5S. The van der Waals surface area contributed by atoms with Crippen LogP contribution in [0.5, 0.6) is 11.5 Å². The monoisotopic (exact) mass is 432 g/mol. The molecule has 7 nitrogen and oxygen atoms in total. The summed E-state index contributed by atoms with van der Waals surface area (Å²) < 4.78 is 38.5. The first-order valence-electron chi connectivity index (χ1n) is 10.0. The smallest absolute Gasteiger partial charge is 0.264 e. The van der Waals surface area contributed by atoms with Gasteiger partial charge in [-0.05, 0) is 49.2 Å². The molecule has 1 amide bonds. The lowest BCUT2D eigenvalue weighted by molar-refractivity contribution is -0.120. The maximum absolute atomic E-state index is 13.5. The third kappa shape index (κ3) is 5.05. The molecule has 2 aromatic rings. The van der Waals surface area contributed by atoms with E-state index in [4.69, 9.17) is 9.47 Å². The summed E-state index contributed by atoms with van der Waals surface area (Å²) in [4.78, 5) is 12.9. The summed E-state index contributed by atoms with van der Waals surface area (Å²) in [5, 5.41) is 2.99. The van der Waals surface area contributed by atoms with Crippen molar-refractivity contribution in [3.63, 3.8) is 0 Å². The number of anilines is 1. The number of nitrogens with zero attached hydrogens (tertiary/aromatic N) is 1. The lowest BCUT2D eigenvalue weighted by Crippen LogP contribution is -2.45. The fourth-order valence-electron chi connectivity index (χ4n) is 3.66. The zero-order valence-corrected chi connectivity index (χ0v) is 18.2. The van der Waals surface area contributed by atoms with E-state index in [1.165, 1.54) is 32.8 Å². The van der Waals surface area contributed by atoms with E-state index in [9.17, 15) is 13.2 Å². The largest absolute Gasteiger partial charge is 0.497 e. The van der Waals surface area contributed by atoms with E-state index in [1.807, 2.05) is 0 Å². The first kappa shape index (κ1) is 22.0. The molecule has 0 aliphatic heterocycles. The molecule has 0 radical (unpaired) electrons. The molecular weight excluding hydrogens is 404 g/mol. The Morgan fingerprint density at radius 2 is 1.67 bits per heavy atom. The third-order valence-electron chi connectivity index (χ3n) is 5.26. The molecule has 0 aromatic heterocycles. The molecule has 1 aliphatic rings. The maximum atomic E-state index is 13.5. The van der Waals surface area contributed by atoms with Crippen LogP contribution in [0.3, 0.4) is 0 Å². The Balaban J connectivity index is 1.93. The van der Waals surface area contributed by atoms with Gasteiger partial charge in [0.05, 0.1) is 24.8 Å². The van der Waals surface area contributed by atoms with Gasteiger partial charge >= 0.3 is 0 Å². The Hall–Kier alpha value is -2.74. The van der Waals surface area contributed by atoms with Crippen molar-refractivity contribution in [2.45, 2.75) is 43.0 Å². The number of methoxy groups -OCH3 is 2. The minimum Gasteiger partial charge on any atom is -0.497 e. The van der Waals surface area contributed by atoms with Gasteiger partial charge < -0.3 is 14.8 Å². The summed E-state index contributed by atoms with van der Waals surface area (Å²) in [5.74, 6) is 0.595. The fraction of sp³-hybridized carbons (Fsp3) is 0.409. The predicted molar refractivity (Wildman–Crippen MR) is 116 cm³/mol. The first-order chi connectivity index (χ1) is 14.5. The van der Waals surface area contributed by atoms with Gasteiger partial charge in [0.25, 0.3) is 10.0 Å². The van der Waals surface area contributed by atoms with Gasteiger partial charge in [-0.3, -0.25) is 9.10 Å². The Kier molecular flexibility index (Phi) is 7.20. The maximum Gasteiger partial charge on any atom is 0.264 e. The van der Waals surface area contributed by atoms with Crippen LogP contribution in [0, 0.1) is 0 Å². The number of hydrogen-bond donors (Lipinski definition) is 1. The Labute approximate surface area is 178 Å². The molecule has 2 aromatic carbocycles. The van der Waals surface area contributed by atoms with Crippen LogP contribution in [0.1, 0.15) is 32.1 Å². The van der Waals surface area contributed by atoms with Crippen LogP contribution in [-0.2, 0) is 14.8 Å². The van der Waals surface area contributed by atoms with E-state index in [0.29, 0.717) is 17.2 Å². The summed E-state index contributed by atoms with van der Waals surface area (Å²) in [6, 6.07) is 13.0. The molecule has 0 bridgehead atoms. The van der Waals surface area contributed by atoms with E-state index in [1.54, 1.807) is 36.4 Å². The second-order valence-electron chi connectivity index (χ2n) is 7.26. The quantitative estimate of drug-likeness (QED) is 0.692. The molecule has 30 heavy (non-hydrogen) atoms. The van der Waals surface area contributed by atoms with Crippen LogP contribution in [0.15, 0.2) is 53.4 Å². The standard InChI is InChI=1S/C22H28N2O5S/c1-28-18-12-14-19(15-13-18)30(26,27)24(20-10-6-7-11-21(20)29-2)16-22(25)23-17-8-4-3-5-9-17/h6-7,10-15,17H,3-5,8-9,16H2,1-2H3,(H,23,25). The Morgan fingerprint density at radius 1 is 1.00 bits per heavy atom. The zero-order chi connectivity index (χ0) is 21.6. The number of carbonyl (C=O) groups excluding carboxylic acids is 1. The van der Waals surface area contributed by atoms with Crippen molar-refractivity contribution in [1.29, 1.82) is 0 Å². The Morgan fingerprint density at radius 3 is 2.30 bits per heavy atom. The predicted octanol–water partition coefficient (Wildman–Crippen LogP) is 3.35. The molecule has 3 rings (SSSR count). The van der Waals surface area contributed by atoms with Gasteiger partial charge in [-0.15, -0.1) is 0 Å². The highest BCUT2D eigenvalue weighted by Crippen LogP contribution is 2.32. The van der Waals surface area contributed by atoms with Gasteiger partial charge in [0.1, 0.15) is 18.0 Å². The molecule has 162 valence electrons. The van der Waals surface area contributed by atoms with Crippen molar-refractivity contribution in [3.8, 4) is 11.5 Å². The number of carbonyl (C=O) groups is 1. The van der Waals surface area contributed by atoms with E-state index in [2.05, 4.69) is 5.32 Å². The molecule has 0 spiro atoms. The lowest BCUT2D eigenvalue weighted by Gasteiger charge is -2.28. The highest BCUT2D eigenvalue weighted by atomic mass is 32.2. The van der Waals surface area contributed by atoms with Crippen molar-refractivity contribution in [1.82, 2.24) is 5.32 Å². The topological polar surface area (TPSA) is 84.9 Å². The number of benzene rings is 2. The number of para-hydroxylation sites is 2. The van der Waals surface area contributed by atoms with E-state index in [-0.39, 0.29) is 23.4 Å². The molecule has 1 fully saturated rings. The van der Waals surface area contributed by atoms with Crippen LogP contribution in [-0.4, -0.2) is 41.1 Å². The summed E-state index contributed by atoms with van der Waals surface area (Å²) in [7, 11) is -1.03. The SMILES string of the molecule is COc1ccc(S(=O)(=O)N(CC(=O)NC2CCCCC2)c2ccccc2OC)cc1. The van der Waals surface area contributed by atoms with Crippen LogP contribution >= 0.6 is 0 Å². The van der Waals surface area contributed by atoms with Gasteiger partial charge in [-0.2, -0.15) is 0 Å². The van der Waals surface area contributed by atoms with Gasteiger partial charge in [0.2, 0.25) is 5.91 Å². The number of sulfonamides is 1. The van der Waals surface area contributed by atoms with Gasteiger partial charge in [-0.1, -0.05) is 31.4 Å². The van der Waals surface area contributed by atoms with E-state index in [0.717, 1.165) is 30.0 Å². The van der Waals surface area contributed by atoms with Crippen LogP contribution in [0.25, 0.3) is 0 Å². The summed E-state index contributed by atoms with van der Waals surface area (Å²) in [6.45, 7) is -0.328. The zero-order valence-electron chi connectivity index (χ0n) is 17.3. The number of amides is 1. The summed E-state index contributed by atoms with van der Waals surface area (Å²) in [5.41, 5.74) is 0.314. The number of nitrogens with one attached hydrogen (secondary N) is 1.